The topological polar surface area (TPSA) is 83.3 Å². The Hall–Kier alpha value is -3.56. The van der Waals surface area contributed by atoms with Crippen LogP contribution in [0.25, 0.3) is 22.2 Å². The zero-order valence-corrected chi connectivity index (χ0v) is 16.0. The number of ketones is 1. The molecular formula is C23H19N3O3. The SMILES string of the molecule is CC(=O)c1ccc(-c2cc(C(=O)N3CCOCC3)c3ccc(C#N)cc3n2)cc1. The number of nitriles is 1. The highest BCUT2D eigenvalue weighted by Gasteiger charge is 2.22. The molecule has 0 atom stereocenters. The minimum Gasteiger partial charge on any atom is -0.378 e. The van der Waals surface area contributed by atoms with Crippen molar-refractivity contribution in [1.82, 2.24) is 9.88 Å². The van der Waals surface area contributed by atoms with Crippen molar-refractivity contribution < 1.29 is 14.3 Å². The number of hydrogen-bond donors (Lipinski definition) is 0. The molecule has 144 valence electrons. The average Bonchev–Trinajstić information content (AvgIpc) is 2.78. The number of ether oxygens (including phenoxy) is 1. The van der Waals surface area contributed by atoms with Crippen molar-refractivity contribution in [2.75, 3.05) is 26.3 Å². The molecule has 0 bridgehead atoms. The van der Waals surface area contributed by atoms with E-state index in [0.29, 0.717) is 59.6 Å². The maximum absolute atomic E-state index is 13.2. The Morgan fingerprint density at radius 3 is 2.45 bits per heavy atom. The number of amides is 1. The van der Waals surface area contributed by atoms with Crippen molar-refractivity contribution in [3.05, 3.63) is 65.2 Å². The summed E-state index contributed by atoms with van der Waals surface area (Å²) in [5.74, 6) is -0.0862. The van der Waals surface area contributed by atoms with Gasteiger partial charge in [0.1, 0.15) is 0 Å². The Balaban J connectivity index is 1.85. The molecule has 6 nitrogen and oxygen atoms in total. The van der Waals surface area contributed by atoms with Crippen LogP contribution in [0.15, 0.2) is 48.5 Å². The van der Waals surface area contributed by atoms with E-state index in [1.165, 1.54) is 6.92 Å². The summed E-state index contributed by atoms with van der Waals surface area (Å²) in [5, 5.41) is 9.96. The maximum atomic E-state index is 13.2. The number of fused-ring (bicyclic) bond motifs is 1. The predicted molar refractivity (Wildman–Crippen MR) is 109 cm³/mol. The second-order valence-electron chi connectivity index (χ2n) is 6.94. The Morgan fingerprint density at radius 1 is 1.07 bits per heavy atom. The van der Waals surface area contributed by atoms with E-state index in [9.17, 15) is 14.9 Å². The molecule has 29 heavy (non-hydrogen) atoms. The molecule has 0 saturated carbocycles. The summed E-state index contributed by atoms with van der Waals surface area (Å²) >= 11 is 0. The molecule has 3 aromatic rings. The lowest BCUT2D eigenvalue weighted by atomic mass is 10.0. The van der Waals surface area contributed by atoms with Gasteiger partial charge in [0.25, 0.3) is 5.91 Å². The molecule has 1 saturated heterocycles. The van der Waals surface area contributed by atoms with Gasteiger partial charge in [-0.25, -0.2) is 4.98 Å². The van der Waals surface area contributed by atoms with Crippen LogP contribution in [0.3, 0.4) is 0 Å². The molecule has 1 fully saturated rings. The van der Waals surface area contributed by atoms with Crippen LogP contribution in [0, 0.1) is 11.3 Å². The zero-order valence-electron chi connectivity index (χ0n) is 16.0. The first kappa shape index (κ1) is 18.8. The zero-order chi connectivity index (χ0) is 20.4. The van der Waals surface area contributed by atoms with E-state index in [0.717, 1.165) is 5.56 Å². The number of benzene rings is 2. The van der Waals surface area contributed by atoms with Crippen molar-refractivity contribution >= 4 is 22.6 Å². The molecule has 1 amide bonds. The van der Waals surface area contributed by atoms with Crippen LogP contribution in [-0.4, -0.2) is 47.9 Å². The standard InChI is InChI=1S/C23H19N3O3/c1-15(27)17-3-5-18(6-4-17)21-13-20(23(28)26-8-10-29-11-9-26)19-7-2-16(14-24)12-22(19)25-21/h2-7,12-13H,8-11H2,1H3. The van der Waals surface area contributed by atoms with E-state index in [2.05, 4.69) is 11.1 Å². The highest BCUT2D eigenvalue weighted by molar-refractivity contribution is 6.07. The summed E-state index contributed by atoms with van der Waals surface area (Å²) in [6, 6.07) is 16.2. The van der Waals surface area contributed by atoms with E-state index in [-0.39, 0.29) is 11.7 Å². The molecule has 0 radical (unpaired) electrons. The third-order valence-electron chi connectivity index (χ3n) is 5.05. The highest BCUT2D eigenvalue weighted by atomic mass is 16.5. The van der Waals surface area contributed by atoms with Crippen LogP contribution < -0.4 is 0 Å². The Bertz CT molecular complexity index is 1140. The minimum atomic E-state index is -0.0768. The van der Waals surface area contributed by atoms with E-state index in [1.807, 2.05) is 12.1 Å². The summed E-state index contributed by atoms with van der Waals surface area (Å²) in [4.78, 5) is 31.2. The molecule has 1 aromatic heterocycles. The number of rotatable bonds is 3. The van der Waals surface area contributed by atoms with Gasteiger partial charge in [0.05, 0.1) is 41.6 Å². The lowest BCUT2D eigenvalue weighted by Gasteiger charge is -2.27. The van der Waals surface area contributed by atoms with Crippen molar-refractivity contribution in [2.45, 2.75) is 6.92 Å². The van der Waals surface area contributed by atoms with Crippen molar-refractivity contribution in [2.24, 2.45) is 0 Å². The molecule has 2 heterocycles. The summed E-state index contributed by atoms with van der Waals surface area (Å²) in [7, 11) is 0. The van der Waals surface area contributed by atoms with Crippen LogP contribution in [0.5, 0.6) is 0 Å². The number of Topliss-reactive ketones (excluding diaryl/α,β-unsaturated/α-hetero) is 1. The largest absolute Gasteiger partial charge is 0.378 e. The first-order valence-corrected chi connectivity index (χ1v) is 9.40. The Morgan fingerprint density at radius 2 is 1.79 bits per heavy atom. The lowest BCUT2D eigenvalue weighted by molar-refractivity contribution is 0.0304. The van der Waals surface area contributed by atoms with Gasteiger partial charge in [-0.2, -0.15) is 5.26 Å². The fraction of sp³-hybridized carbons (Fsp3) is 0.217. The number of aromatic nitrogens is 1. The molecule has 0 spiro atoms. The van der Waals surface area contributed by atoms with Gasteiger partial charge >= 0.3 is 0 Å². The number of hydrogen-bond acceptors (Lipinski definition) is 5. The van der Waals surface area contributed by atoms with Gasteiger partial charge in [-0.1, -0.05) is 30.3 Å². The van der Waals surface area contributed by atoms with Crippen LogP contribution in [0.4, 0.5) is 0 Å². The van der Waals surface area contributed by atoms with Gasteiger partial charge in [-0.05, 0) is 25.1 Å². The average molecular weight is 385 g/mol. The van der Waals surface area contributed by atoms with Gasteiger partial charge in [0, 0.05) is 29.6 Å². The molecule has 4 rings (SSSR count). The van der Waals surface area contributed by atoms with Gasteiger partial charge in [-0.3, -0.25) is 9.59 Å². The fourth-order valence-electron chi connectivity index (χ4n) is 3.44. The third-order valence-corrected chi connectivity index (χ3v) is 5.05. The molecule has 6 heteroatoms. The summed E-state index contributed by atoms with van der Waals surface area (Å²) in [6.45, 7) is 3.65. The first-order chi connectivity index (χ1) is 14.1. The molecule has 2 aromatic carbocycles. The van der Waals surface area contributed by atoms with E-state index >= 15 is 0 Å². The lowest BCUT2D eigenvalue weighted by Crippen LogP contribution is -2.40. The number of carbonyl (C=O) groups is 2. The van der Waals surface area contributed by atoms with E-state index in [1.54, 1.807) is 41.3 Å². The third kappa shape index (κ3) is 3.73. The minimum absolute atomic E-state index is 0.00938. The van der Waals surface area contributed by atoms with Gasteiger partial charge < -0.3 is 9.64 Å². The molecule has 0 N–H and O–H groups in total. The molecular weight excluding hydrogens is 366 g/mol. The van der Waals surface area contributed by atoms with Crippen molar-refractivity contribution in [3.63, 3.8) is 0 Å². The van der Waals surface area contributed by atoms with E-state index < -0.39 is 0 Å². The normalized spacial score (nSPS) is 13.9. The van der Waals surface area contributed by atoms with Crippen LogP contribution >= 0.6 is 0 Å². The molecule has 0 unspecified atom stereocenters. The predicted octanol–water partition coefficient (Wildman–Crippen LogP) is 3.45. The van der Waals surface area contributed by atoms with Gasteiger partial charge in [0.2, 0.25) is 0 Å². The van der Waals surface area contributed by atoms with Gasteiger partial charge in [-0.15, -0.1) is 0 Å². The Labute approximate surface area is 168 Å². The van der Waals surface area contributed by atoms with Crippen molar-refractivity contribution in [3.8, 4) is 17.3 Å². The number of carbonyl (C=O) groups excluding carboxylic acids is 2. The number of morpholine rings is 1. The van der Waals surface area contributed by atoms with Crippen LogP contribution in [0.2, 0.25) is 0 Å². The second-order valence-corrected chi connectivity index (χ2v) is 6.94. The summed E-state index contributed by atoms with van der Waals surface area (Å²) in [5.41, 5.74) is 3.67. The monoisotopic (exact) mass is 385 g/mol. The number of nitrogens with zero attached hydrogens (tertiary/aromatic N) is 3. The summed E-state index contributed by atoms with van der Waals surface area (Å²) < 4.78 is 5.36. The summed E-state index contributed by atoms with van der Waals surface area (Å²) in [6.07, 6.45) is 0. The smallest absolute Gasteiger partial charge is 0.254 e. The quantitative estimate of drug-likeness (QED) is 0.645. The van der Waals surface area contributed by atoms with Crippen LogP contribution in [0.1, 0.15) is 33.2 Å². The Kier molecular flexibility index (Phi) is 5.07. The highest BCUT2D eigenvalue weighted by Crippen LogP contribution is 2.27. The molecule has 0 aliphatic carbocycles. The number of pyridine rings is 1. The van der Waals surface area contributed by atoms with Crippen molar-refractivity contribution in [1.29, 1.82) is 5.26 Å². The van der Waals surface area contributed by atoms with E-state index in [4.69, 9.17) is 4.74 Å². The fourth-order valence-corrected chi connectivity index (χ4v) is 3.44. The maximum Gasteiger partial charge on any atom is 0.254 e. The molecule has 1 aliphatic heterocycles. The first-order valence-electron chi connectivity index (χ1n) is 9.40. The van der Waals surface area contributed by atoms with Crippen LogP contribution in [-0.2, 0) is 4.74 Å². The van der Waals surface area contributed by atoms with Gasteiger partial charge in [0.15, 0.2) is 5.78 Å². The second kappa shape index (κ2) is 7.82. The molecule has 1 aliphatic rings.